The van der Waals surface area contributed by atoms with E-state index in [1.165, 1.54) is 9.71 Å². The molecule has 0 saturated carbocycles. The van der Waals surface area contributed by atoms with Gasteiger partial charge in [-0.2, -0.15) is 8.82 Å². The van der Waals surface area contributed by atoms with Crippen molar-refractivity contribution >= 4 is 27.6 Å². The summed E-state index contributed by atoms with van der Waals surface area (Å²) >= 11 is 0. The minimum atomic E-state index is -3.44. The van der Waals surface area contributed by atoms with Gasteiger partial charge in [0.1, 0.15) is 12.1 Å². The summed E-state index contributed by atoms with van der Waals surface area (Å²) < 4.78 is 28.3. The van der Waals surface area contributed by atoms with Gasteiger partial charge in [0, 0.05) is 31.6 Å². The summed E-state index contributed by atoms with van der Waals surface area (Å²) in [6.07, 6.45) is 3.19. The van der Waals surface area contributed by atoms with E-state index in [2.05, 4.69) is 20.2 Å². The molecule has 4 rings (SSSR count). The number of rotatable bonds is 4. The van der Waals surface area contributed by atoms with Crippen LogP contribution in [0.15, 0.2) is 48.1 Å². The summed E-state index contributed by atoms with van der Waals surface area (Å²) in [5, 5.41) is 13.5. The number of hydrogen-bond donors (Lipinski definition) is 0. The van der Waals surface area contributed by atoms with E-state index in [9.17, 15) is 8.42 Å². The Hall–Kier alpha value is -2.78. The number of aromatic nitrogens is 4. The molecule has 1 aliphatic rings. The first-order chi connectivity index (χ1) is 13.0. The molecule has 3 aromatic rings. The number of sulfonamides is 1. The van der Waals surface area contributed by atoms with E-state index in [4.69, 9.17) is 0 Å². The first kappa shape index (κ1) is 17.6. The van der Waals surface area contributed by atoms with E-state index in [0.29, 0.717) is 31.8 Å². The topological polar surface area (TPSA) is 83.7 Å². The highest BCUT2D eigenvalue weighted by Crippen LogP contribution is 2.17. The molecule has 8 nitrogen and oxygen atoms in total. The van der Waals surface area contributed by atoms with Crippen LogP contribution in [0, 0.1) is 6.92 Å². The molecular weight excluding hydrogens is 364 g/mol. The average molecular weight is 384 g/mol. The van der Waals surface area contributed by atoms with Crippen molar-refractivity contribution in [3.05, 3.63) is 59.3 Å². The van der Waals surface area contributed by atoms with Gasteiger partial charge < -0.3 is 4.90 Å². The third kappa shape index (κ3) is 3.83. The van der Waals surface area contributed by atoms with Gasteiger partial charge in [-0.05, 0) is 30.7 Å². The third-order valence-electron chi connectivity index (χ3n) is 4.58. The van der Waals surface area contributed by atoms with Gasteiger partial charge in [0.25, 0.3) is 0 Å². The molecule has 0 N–H and O–H groups in total. The second-order valence-corrected chi connectivity index (χ2v) is 8.29. The predicted octanol–water partition coefficient (Wildman–Crippen LogP) is 1.56. The number of anilines is 1. The lowest BCUT2D eigenvalue weighted by molar-refractivity contribution is 0.388. The van der Waals surface area contributed by atoms with E-state index >= 15 is 0 Å². The van der Waals surface area contributed by atoms with E-state index in [0.717, 1.165) is 16.9 Å². The molecule has 0 unspecified atom stereocenters. The van der Waals surface area contributed by atoms with Crippen molar-refractivity contribution in [3.8, 4) is 0 Å². The summed E-state index contributed by atoms with van der Waals surface area (Å²) in [6.45, 7) is 4.00. The van der Waals surface area contributed by atoms with Crippen LogP contribution in [0.3, 0.4) is 0 Å². The van der Waals surface area contributed by atoms with E-state index in [1.807, 2.05) is 43.3 Å². The summed E-state index contributed by atoms with van der Waals surface area (Å²) in [4.78, 5) is 2.06. The SMILES string of the molecule is Cc1ccc(/C=C/S(=O)(=O)N2CCN(c3ccc4nncn4n3)CC2)cc1. The summed E-state index contributed by atoms with van der Waals surface area (Å²) in [5.41, 5.74) is 2.69. The molecule has 0 bridgehead atoms. The van der Waals surface area contributed by atoms with Crippen LogP contribution in [0.25, 0.3) is 11.7 Å². The van der Waals surface area contributed by atoms with Crippen molar-refractivity contribution in [2.45, 2.75) is 6.92 Å². The fourth-order valence-corrected chi connectivity index (χ4v) is 4.16. The number of piperazine rings is 1. The highest BCUT2D eigenvalue weighted by atomic mass is 32.2. The Balaban J connectivity index is 1.42. The number of aryl methyl sites for hydroxylation is 1. The van der Waals surface area contributed by atoms with Gasteiger partial charge in [-0.15, -0.1) is 15.3 Å². The minimum absolute atomic E-state index is 0.419. The minimum Gasteiger partial charge on any atom is -0.353 e. The Kier molecular flexibility index (Phi) is 4.63. The lowest BCUT2D eigenvalue weighted by Gasteiger charge is -2.33. The third-order valence-corrected chi connectivity index (χ3v) is 6.14. The molecule has 27 heavy (non-hydrogen) atoms. The van der Waals surface area contributed by atoms with E-state index < -0.39 is 10.0 Å². The van der Waals surface area contributed by atoms with Gasteiger partial charge in [0.15, 0.2) is 5.65 Å². The molecule has 1 aliphatic heterocycles. The summed E-state index contributed by atoms with van der Waals surface area (Å²) in [6, 6.07) is 11.5. The van der Waals surface area contributed by atoms with Gasteiger partial charge in [-0.25, -0.2) is 8.42 Å². The van der Waals surface area contributed by atoms with Crippen LogP contribution < -0.4 is 4.90 Å². The maximum Gasteiger partial charge on any atom is 0.236 e. The Morgan fingerprint density at radius 3 is 2.48 bits per heavy atom. The second-order valence-electron chi connectivity index (χ2n) is 6.47. The van der Waals surface area contributed by atoms with Crippen LogP contribution in [0.1, 0.15) is 11.1 Å². The monoisotopic (exact) mass is 384 g/mol. The Morgan fingerprint density at radius 1 is 1.00 bits per heavy atom. The molecule has 1 saturated heterocycles. The largest absolute Gasteiger partial charge is 0.353 e. The van der Waals surface area contributed by atoms with Crippen molar-refractivity contribution in [1.29, 1.82) is 0 Å². The maximum absolute atomic E-state index is 12.6. The van der Waals surface area contributed by atoms with Gasteiger partial charge in [-0.1, -0.05) is 29.8 Å². The highest BCUT2D eigenvalue weighted by molar-refractivity contribution is 7.92. The van der Waals surface area contributed by atoms with Crippen LogP contribution in [0.2, 0.25) is 0 Å². The van der Waals surface area contributed by atoms with Crippen molar-refractivity contribution < 1.29 is 8.42 Å². The zero-order valence-corrected chi connectivity index (χ0v) is 15.7. The van der Waals surface area contributed by atoms with Crippen LogP contribution in [-0.4, -0.2) is 58.7 Å². The molecule has 0 amide bonds. The van der Waals surface area contributed by atoms with Gasteiger partial charge >= 0.3 is 0 Å². The van der Waals surface area contributed by atoms with Crippen LogP contribution in [-0.2, 0) is 10.0 Å². The molecule has 0 spiro atoms. The maximum atomic E-state index is 12.6. The first-order valence-electron chi connectivity index (χ1n) is 8.68. The molecule has 2 aromatic heterocycles. The molecule has 0 aliphatic carbocycles. The molecule has 0 radical (unpaired) electrons. The smallest absolute Gasteiger partial charge is 0.236 e. The molecule has 140 valence electrons. The standard InChI is InChI=1S/C18H20N6O2S/c1-15-2-4-16(5-3-15)8-13-27(25,26)23-11-9-22(10-12-23)18-7-6-17-20-19-14-24(17)21-18/h2-8,13-14H,9-12H2,1H3/b13-8+. The second kappa shape index (κ2) is 7.09. The number of nitrogens with zero attached hydrogens (tertiary/aromatic N) is 6. The Bertz CT molecular complexity index is 1070. The summed E-state index contributed by atoms with van der Waals surface area (Å²) in [5.74, 6) is 0.787. The van der Waals surface area contributed by atoms with Crippen LogP contribution >= 0.6 is 0 Å². The van der Waals surface area contributed by atoms with Crippen molar-refractivity contribution in [1.82, 2.24) is 24.1 Å². The van der Waals surface area contributed by atoms with E-state index in [1.54, 1.807) is 16.9 Å². The lowest BCUT2D eigenvalue weighted by atomic mass is 10.2. The van der Waals surface area contributed by atoms with E-state index in [-0.39, 0.29) is 0 Å². The lowest BCUT2D eigenvalue weighted by Crippen LogP contribution is -2.48. The average Bonchev–Trinajstić information content (AvgIpc) is 3.15. The first-order valence-corrected chi connectivity index (χ1v) is 10.2. The van der Waals surface area contributed by atoms with Crippen molar-refractivity contribution in [2.75, 3.05) is 31.1 Å². The van der Waals surface area contributed by atoms with Crippen LogP contribution in [0.5, 0.6) is 0 Å². The molecule has 3 heterocycles. The summed E-state index contributed by atoms with van der Waals surface area (Å²) in [7, 11) is -3.44. The molecule has 0 atom stereocenters. The van der Waals surface area contributed by atoms with Crippen molar-refractivity contribution in [2.24, 2.45) is 0 Å². The molecule has 1 aromatic carbocycles. The van der Waals surface area contributed by atoms with Gasteiger partial charge in [0.05, 0.1) is 0 Å². The Morgan fingerprint density at radius 2 is 1.74 bits per heavy atom. The van der Waals surface area contributed by atoms with Crippen LogP contribution in [0.4, 0.5) is 5.82 Å². The Labute approximate surface area is 157 Å². The number of hydrogen-bond acceptors (Lipinski definition) is 6. The fraction of sp³-hybridized carbons (Fsp3) is 0.278. The molecule has 9 heteroatoms. The zero-order valence-electron chi connectivity index (χ0n) is 14.9. The van der Waals surface area contributed by atoms with Crippen molar-refractivity contribution in [3.63, 3.8) is 0 Å². The predicted molar refractivity (Wildman–Crippen MR) is 104 cm³/mol. The quantitative estimate of drug-likeness (QED) is 0.679. The fourth-order valence-electron chi connectivity index (χ4n) is 2.99. The molecular formula is C18H20N6O2S. The number of benzene rings is 1. The normalized spacial score (nSPS) is 16.4. The van der Waals surface area contributed by atoms with Gasteiger partial charge in [0.2, 0.25) is 10.0 Å². The molecule has 1 fully saturated rings. The zero-order chi connectivity index (χ0) is 18.9. The highest BCUT2D eigenvalue weighted by Gasteiger charge is 2.25. The number of fused-ring (bicyclic) bond motifs is 1. The van der Waals surface area contributed by atoms with Gasteiger partial charge in [-0.3, -0.25) is 0 Å².